The van der Waals surface area contributed by atoms with Gasteiger partial charge in [0.2, 0.25) is 11.6 Å². The van der Waals surface area contributed by atoms with Crippen LogP contribution in [0, 0.1) is 10.1 Å². The van der Waals surface area contributed by atoms with E-state index in [-0.39, 0.29) is 23.1 Å². The van der Waals surface area contributed by atoms with Gasteiger partial charge in [-0.15, -0.1) is 0 Å². The summed E-state index contributed by atoms with van der Waals surface area (Å²) in [5, 5.41) is 24.2. The van der Waals surface area contributed by atoms with Gasteiger partial charge in [-0.05, 0) is 23.8 Å². The minimum Gasteiger partial charge on any atom is -0.504 e. The minimum absolute atomic E-state index is 0.00757. The molecule has 0 saturated heterocycles. The van der Waals surface area contributed by atoms with E-state index in [0.717, 1.165) is 6.33 Å². The highest BCUT2D eigenvalue weighted by atomic mass is 16.6. The number of phenolic OH excluding ortho intramolecular Hbond substituents is 1. The van der Waals surface area contributed by atoms with Gasteiger partial charge in [0.05, 0.1) is 18.2 Å². The molecule has 0 fully saturated rings. The fourth-order valence-corrected chi connectivity index (χ4v) is 1.60. The van der Waals surface area contributed by atoms with Crippen molar-refractivity contribution in [3.05, 3.63) is 40.2 Å². The number of hydrogen-bond donors (Lipinski definition) is 3. The van der Waals surface area contributed by atoms with Crippen LogP contribution in [0.25, 0.3) is 0 Å². The molecule has 0 unspecified atom stereocenters. The normalized spacial score (nSPS) is 10.6. The van der Waals surface area contributed by atoms with Crippen molar-refractivity contribution in [3.8, 4) is 11.5 Å². The lowest BCUT2D eigenvalue weighted by Gasteiger charge is -2.04. The molecule has 0 aliphatic heterocycles. The Morgan fingerprint density at radius 2 is 2.27 bits per heavy atom. The highest BCUT2D eigenvalue weighted by molar-refractivity contribution is 5.81. The van der Waals surface area contributed by atoms with Gasteiger partial charge in [0.25, 0.3) is 0 Å². The van der Waals surface area contributed by atoms with Gasteiger partial charge in [-0.3, -0.25) is 15.5 Å². The number of hydrazone groups is 1. The summed E-state index contributed by atoms with van der Waals surface area (Å²) in [5.41, 5.74) is 8.01. The smallest absolute Gasteiger partial charge is 0.354 e. The van der Waals surface area contributed by atoms with Crippen LogP contribution in [0.5, 0.6) is 11.5 Å². The molecule has 22 heavy (non-hydrogen) atoms. The first-order chi connectivity index (χ1) is 10.5. The Kier molecular flexibility index (Phi) is 4.32. The van der Waals surface area contributed by atoms with Gasteiger partial charge in [0.15, 0.2) is 11.5 Å². The number of nitrogens with zero attached hydrogens (tertiary/aromatic N) is 4. The summed E-state index contributed by atoms with van der Waals surface area (Å²) in [7, 11) is 1.42. The van der Waals surface area contributed by atoms with E-state index in [4.69, 9.17) is 10.5 Å². The van der Waals surface area contributed by atoms with E-state index in [9.17, 15) is 15.2 Å². The van der Waals surface area contributed by atoms with Crippen LogP contribution >= 0.6 is 0 Å². The molecule has 114 valence electrons. The molecule has 10 heteroatoms. The predicted molar refractivity (Wildman–Crippen MR) is 79.0 cm³/mol. The third kappa shape index (κ3) is 3.17. The monoisotopic (exact) mass is 304 g/mol. The molecule has 0 bridgehead atoms. The lowest BCUT2D eigenvalue weighted by molar-refractivity contribution is -0.383. The van der Waals surface area contributed by atoms with Crippen LogP contribution in [-0.4, -0.2) is 33.3 Å². The van der Waals surface area contributed by atoms with E-state index in [1.807, 2.05) is 0 Å². The van der Waals surface area contributed by atoms with Crippen molar-refractivity contribution >= 4 is 23.5 Å². The molecule has 1 aromatic carbocycles. The number of nitrogens with one attached hydrogen (secondary N) is 1. The Hall–Kier alpha value is -3.43. The highest BCUT2D eigenvalue weighted by Crippen LogP contribution is 2.27. The van der Waals surface area contributed by atoms with E-state index in [1.54, 1.807) is 12.1 Å². The summed E-state index contributed by atoms with van der Waals surface area (Å²) >= 11 is 0. The molecule has 2 rings (SSSR count). The van der Waals surface area contributed by atoms with Crippen molar-refractivity contribution in [1.82, 2.24) is 9.97 Å². The van der Waals surface area contributed by atoms with Gasteiger partial charge < -0.3 is 15.6 Å². The van der Waals surface area contributed by atoms with Gasteiger partial charge in [-0.2, -0.15) is 5.10 Å². The molecule has 0 aliphatic rings. The molecule has 1 aromatic heterocycles. The lowest BCUT2D eigenvalue weighted by Crippen LogP contribution is -2.04. The summed E-state index contributed by atoms with van der Waals surface area (Å²) in [6.45, 7) is 0. The van der Waals surface area contributed by atoms with E-state index < -0.39 is 10.6 Å². The maximum atomic E-state index is 10.9. The third-order valence-corrected chi connectivity index (χ3v) is 2.62. The zero-order valence-corrected chi connectivity index (χ0v) is 11.4. The van der Waals surface area contributed by atoms with Crippen molar-refractivity contribution in [2.45, 2.75) is 0 Å². The maximum absolute atomic E-state index is 10.9. The van der Waals surface area contributed by atoms with Crippen molar-refractivity contribution in [2.75, 3.05) is 18.3 Å². The summed E-state index contributed by atoms with van der Waals surface area (Å²) < 4.78 is 4.96. The van der Waals surface area contributed by atoms with Crippen molar-refractivity contribution in [2.24, 2.45) is 5.10 Å². The summed E-state index contributed by atoms with van der Waals surface area (Å²) in [6, 6.07) is 4.57. The van der Waals surface area contributed by atoms with E-state index in [0.29, 0.717) is 5.56 Å². The number of benzene rings is 1. The zero-order valence-electron chi connectivity index (χ0n) is 11.4. The van der Waals surface area contributed by atoms with Gasteiger partial charge >= 0.3 is 5.69 Å². The van der Waals surface area contributed by atoms with Crippen LogP contribution < -0.4 is 15.9 Å². The molecule has 0 saturated carbocycles. The predicted octanol–water partition coefficient (Wildman–Crippen LogP) is 1.13. The van der Waals surface area contributed by atoms with Crippen LogP contribution in [0.2, 0.25) is 0 Å². The molecule has 0 aliphatic carbocycles. The van der Waals surface area contributed by atoms with Gasteiger partial charge in [0, 0.05) is 0 Å². The largest absolute Gasteiger partial charge is 0.504 e. The minimum atomic E-state index is -0.698. The summed E-state index contributed by atoms with van der Waals surface area (Å²) in [4.78, 5) is 17.5. The van der Waals surface area contributed by atoms with Crippen molar-refractivity contribution in [3.63, 3.8) is 0 Å². The molecular formula is C12H12N6O4. The maximum Gasteiger partial charge on any atom is 0.354 e. The topological polar surface area (TPSA) is 149 Å². The molecule has 0 atom stereocenters. The Morgan fingerprint density at radius 3 is 2.95 bits per heavy atom. The van der Waals surface area contributed by atoms with Crippen LogP contribution in [0.15, 0.2) is 29.6 Å². The zero-order chi connectivity index (χ0) is 16.1. The summed E-state index contributed by atoms with van der Waals surface area (Å²) in [5.74, 6) is -0.114. The molecule has 0 radical (unpaired) electrons. The number of nitrogen functional groups attached to an aromatic ring is 1. The molecule has 0 spiro atoms. The van der Waals surface area contributed by atoms with Crippen molar-refractivity contribution < 1.29 is 14.8 Å². The fourth-order valence-electron chi connectivity index (χ4n) is 1.60. The number of nitrogens with two attached hydrogens (primary N) is 1. The average molecular weight is 304 g/mol. The van der Waals surface area contributed by atoms with Gasteiger partial charge in [-0.25, -0.2) is 9.97 Å². The number of aromatic nitrogens is 2. The Labute approximate surface area is 124 Å². The second-order valence-corrected chi connectivity index (χ2v) is 4.01. The second-order valence-electron chi connectivity index (χ2n) is 4.01. The number of aromatic hydroxyl groups is 1. The van der Waals surface area contributed by atoms with Crippen LogP contribution in [-0.2, 0) is 0 Å². The molecule has 2 aromatic rings. The first-order valence-corrected chi connectivity index (χ1v) is 5.94. The molecule has 0 amide bonds. The van der Waals surface area contributed by atoms with E-state index in [1.165, 1.54) is 19.4 Å². The number of anilines is 2. The molecule has 10 nitrogen and oxygen atoms in total. The number of hydrogen-bond acceptors (Lipinski definition) is 9. The number of rotatable bonds is 5. The van der Waals surface area contributed by atoms with Crippen LogP contribution in [0.1, 0.15) is 5.56 Å². The Balaban J connectivity index is 2.20. The standard InChI is InChI=1S/C12H12N6O4/c1-22-9-4-7(2-3-8(9)19)5-16-17-12-10(18(20)21)11(13)14-6-15-12/h2-6,19H,1H3,(H3,13,14,15,17)/b16-5+. The molecule has 1 heterocycles. The van der Waals surface area contributed by atoms with Gasteiger partial charge in [0.1, 0.15) is 6.33 Å². The number of ether oxygens (including phenoxy) is 1. The number of methoxy groups -OCH3 is 1. The first-order valence-electron chi connectivity index (χ1n) is 5.94. The molecule has 4 N–H and O–H groups in total. The Bertz CT molecular complexity index is 734. The van der Waals surface area contributed by atoms with E-state index in [2.05, 4.69) is 20.5 Å². The van der Waals surface area contributed by atoms with Crippen LogP contribution in [0.3, 0.4) is 0 Å². The lowest BCUT2D eigenvalue weighted by atomic mass is 10.2. The SMILES string of the molecule is COc1cc(/C=N/Nc2ncnc(N)c2[N+](=O)[O-])ccc1O. The second kappa shape index (κ2) is 6.35. The highest BCUT2D eigenvalue weighted by Gasteiger charge is 2.20. The van der Waals surface area contributed by atoms with E-state index >= 15 is 0 Å². The summed E-state index contributed by atoms with van der Waals surface area (Å²) in [6.07, 6.45) is 2.47. The number of nitro groups is 1. The Morgan fingerprint density at radius 1 is 1.50 bits per heavy atom. The van der Waals surface area contributed by atoms with Crippen molar-refractivity contribution in [1.29, 1.82) is 0 Å². The fraction of sp³-hybridized carbons (Fsp3) is 0.0833. The average Bonchev–Trinajstić information content (AvgIpc) is 2.48. The van der Waals surface area contributed by atoms with Crippen LogP contribution in [0.4, 0.5) is 17.3 Å². The third-order valence-electron chi connectivity index (χ3n) is 2.62. The number of phenols is 1. The quantitative estimate of drug-likeness (QED) is 0.422. The molecular weight excluding hydrogens is 292 g/mol. The van der Waals surface area contributed by atoms with Gasteiger partial charge in [-0.1, -0.05) is 0 Å². The first kappa shape index (κ1) is 15.0.